The molecule has 0 spiro atoms. The fraction of sp³-hybridized carbons (Fsp3) is 0.538. The van der Waals surface area contributed by atoms with Crippen LogP contribution >= 0.6 is 0 Å². The Bertz CT molecular complexity index is 503. The molecule has 1 aromatic rings. The van der Waals surface area contributed by atoms with Crippen molar-refractivity contribution < 1.29 is 13.6 Å². The van der Waals surface area contributed by atoms with Crippen LogP contribution in [-0.2, 0) is 4.79 Å². The van der Waals surface area contributed by atoms with E-state index in [1.807, 2.05) is 0 Å². The molecule has 1 saturated carbocycles. The lowest BCUT2D eigenvalue weighted by Gasteiger charge is -2.29. The van der Waals surface area contributed by atoms with Crippen molar-refractivity contribution in [1.29, 1.82) is 0 Å². The first-order valence-electron chi connectivity index (χ1n) is 6.61. The molecule has 7 heteroatoms. The number of aromatic nitrogens is 1. The van der Waals surface area contributed by atoms with Crippen molar-refractivity contribution in [2.24, 2.45) is 5.73 Å². The van der Waals surface area contributed by atoms with Gasteiger partial charge in [-0.3, -0.25) is 4.79 Å². The number of nitrogens with one attached hydrogen (secondary N) is 1. The number of primary amides is 1. The average Bonchev–Trinajstić information content (AvgIpc) is 2.90. The van der Waals surface area contributed by atoms with Crippen LogP contribution in [0.5, 0.6) is 0 Å². The highest BCUT2D eigenvalue weighted by atomic mass is 19.1. The summed E-state index contributed by atoms with van der Waals surface area (Å²) < 4.78 is 27.5. The van der Waals surface area contributed by atoms with Crippen molar-refractivity contribution in [2.45, 2.75) is 31.7 Å². The highest BCUT2D eigenvalue weighted by molar-refractivity contribution is 5.79. The first-order valence-corrected chi connectivity index (χ1v) is 6.61. The number of carbonyl (C=O) groups excluding carboxylic acids is 1. The summed E-state index contributed by atoms with van der Waals surface area (Å²) in [7, 11) is 1.50. The first kappa shape index (κ1) is 14.5. The van der Waals surface area contributed by atoms with E-state index in [1.54, 1.807) is 4.90 Å². The smallest absolute Gasteiger partial charge is 0.237 e. The van der Waals surface area contributed by atoms with Crippen LogP contribution in [0.1, 0.15) is 25.7 Å². The van der Waals surface area contributed by atoms with E-state index in [0.29, 0.717) is 0 Å². The number of amides is 1. The molecule has 0 atom stereocenters. The Morgan fingerprint density at radius 3 is 2.65 bits per heavy atom. The Kier molecular flexibility index (Phi) is 4.36. The summed E-state index contributed by atoms with van der Waals surface area (Å²) in [6.07, 6.45) is 3.73. The highest BCUT2D eigenvalue weighted by Gasteiger charge is 2.28. The number of nitrogens with two attached hydrogens (primary N) is 1. The van der Waals surface area contributed by atoms with E-state index in [1.165, 1.54) is 7.05 Å². The summed E-state index contributed by atoms with van der Waals surface area (Å²) >= 11 is 0. The fourth-order valence-corrected chi connectivity index (χ4v) is 2.59. The Labute approximate surface area is 116 Å². The van der Waals surface area contributed by atoms with Crippen LogP contribution in [0.2, 0.25) is 0 Å². The quantitative estimate of drug-likeness (QED) is 0.862. The fourth-order valence-electron chi connectivity index (χ4n) is 2.59. The predicted molar refractivity (Wildman–Crippen MR) is 72.5 cm³/mol. The van der Waals surface area contributed by atoms with Gasteiger partial charge in [0.1, 0.15) is 0 Å². The van der Waals surface area contributed by atoms with E-state index in [4.69, 9.17) is 5.73 Å². The summed E-state index contributed by atoms with van der Waals surface area (Å²) in [6.45, 7) is -0.122. The zero-order valence-electron chi connectivity index (χ0n) is 11.3. The predicted octanol–water partition coefficient (Wildman–Crippen LogP) is 1.64. The number of rotatable bonds is 5. The summed E-state index contributed by atoms with van der Waals surface area (Å²) in [6, 6.07) is 0.788. The molecule has 0 aromatic carbocycles. The summed E-state index contributed by atoms with van der Waals surface area (Å²) in [5.41, 5.74) is 5.23. The third-order valence-electron chi connectivity index (χ3n) is 3.51. The van der Waals surface area contributed by atoms with E-state index in [2.05, 4.69) is 10.3 Å². The van der Waals surface area contributed by atoms with Gasteiger partial charge in [0, 0.05) is 19.2 Å². The molecular formula is C13H18F2N4O. The standard InChI is InChI=1S/C13H18F2N4O/c1-17-12-9(14)6-10(15)13(18-12)19(7-11(16)20)8-4-2-3-5-8/h6,8H,2-5,7H2,1H3,(H2,16,20)(H,17,18). The minimum Gasteiger partial charge on any atom is -0.371 e. The molecule has 5 nitrogen and oxygen atoms in total. The second kappa shape index (κ2) is 6.02. The maximum atomic E-state index is 14.0. The van der Waals surface area contributed by atoms with Crippen molar-refractivity contribution in [2.75, 3.05) is 23.8 Å². The van der Waals surface area contributed by atoms with Crippen molar-refractivity contribution in [3.8, 4) is 0 Å². The summed E-state index contributed by atoms with van der Waals surface area (Å²) in [5, 5.41) is 2.57. The van der Waals surface area contributed by atoms with Gasteiger partial charge in [0.25, 0.3) is 0 Å². The molecule has 0 unspecified atom stereocenters. The SMILES string of the molecule is CNc1nc(N(CC(N)=O)C2CCCC2)c(F)cc1F. The van der Waals surface area contributed by atoms with Gasteiger partial charge >= 0.3 is 0 Å². The maximum absolute atomic E-state index is 14.0. The molecule has 110 valence electrons. The van der Waals surface area contributed by atoms with Crippen molar-refractivity contribution in [1.82, 2.24) is 4.98 Å². The zero-order chi connectivity index (χ0) is 14.7. The molecule has 1 amide bonds. The second-order valence-corrected chi connectivity index (χ2v) is 4.91. The van der Waals surface area contributed by atoms with Crippen molar-refractivity contribution in [3.05, 3.63) is 17.7 Å². The van der Waals surface area contributed by atoms with Crippen LogP contribution in [0.4, 0.5) is 20.4 Å². The number of nitrogens with zero attached hydrogens (tertiary/aromatic N) is 2. The molecule has 20 heavy (non-hydrogen) atoms. The van der Waals surface area contributed by atoms with Gasteiger partial charge in [0.15, 0.2) is 23.3 Å². The average molecular weight is 284 g/mol. The molecular weight excluding hydrogens is 266 g/mol. The number of halogens is 2. The minimum absolute atomic E-state index is 0.0136. The van der Waals surface area contributed by atoms with Gasteiger partial charge in [-0.05, 0) is 12.8 Å². The molecule has 0 radical (unpaired) electrons. The summed E-state index contributed by atoms with van der Waals surface area (Å²) in [4.78, 5) is 16.7. The van der Waals surface area contributed by atoms with Gasteiger partial charge in [-0.1, -0.05) is 12.8 Å². The van der Waals surface area contributed by atoms with E-state index in [-0.39, 0.29) is 24.2 Å². The summed E-state index contributed by atoms with van der Waals surface area (Å²) in [5.74, 6) is -2.18. The molecule has 0 saturated heterocycles. The van der Waals surface area contributed by atoms with Crippen LogP contribution in [0, 0.1) is 11.6 Å². The maximum Gasteiger partial charge on any atom is 0.237 e. The molecule has 1 aliphatic carbocycles. The van der Waals surface area contributed by atoms with Crippen LogP contribution in [-0.4, -0.2) is 30.5 Å². The van der Waals surface area contributed by atoms with Crippen LogP contribution < -0.4 is 16.0 Å². The van der Waals surface area contributed by atoms with Gasteiger partial charge < -0.3 is 16.0 Å². The molecule has 3 N–H and O–H groups in total. The lowest BCUT2D eigenvalue weighted by molar-refractivity contribution is -0.116. The van der Waals surface area contributed by atoms with Gasteiger partial charge in [-0.2, -0.15) is 0 Å². The topological polar surface area (TPSA) is 71.2 Å². The number of pyridine rings is 1. The van der Waals surface area contributed by atoms with E-state index >= 15 is 0 Å². The van der Waals surface area contributed by atoms with Crippen molar-refractivity contribution >= 4 is 17.5 Å². The molecule has 1 aliphatic rings. The highest BCUT2D eigenvalue weighted by Crippen LogP contribution is 2.30. The molecule has 1 aromatic heterocycles. The minimum atomic E-state index is -0.783. The third kappa shape index (κ3) is 2.97. The lowest BCUT2D eigenvalue weighted by atomic mass is 10.2. The van der Waals surface area contributed by atoms with Crippen LogP contribution in [0.25, 0.3) is 0 Å². The van der Waals surface area contributed by atoms with E-state index in [9.17, 15) is 13.6 Å². The molecule has 0 aliphatic heterocycles. The number of anilines is 2. The molecule has 1 heterocycles. The van der Waals surface area contributed by atoms with Gasteiger partial charge in [-0.15, -0.1) is 0 Å². The number of carbonyl (C=O) groups is 1. The first-order chi connectivity index (χ1) is 9.52. The van der Waals surface area contributed by atoms with Gasteiger partial charge in [-0.25, -0.2) is 13.8 Å². The Morgan fingerprint density at radius 1 is 1.45 bits per heavy atom. The lowest BCUT2D eigenvalue weighted by Crippen LogP contribution is -2.41. The van der Waals surface area contributed by atoms with E-state index in [0.717, 1.165) is 31.7 Å². The van der Waals surface area contributed by atoms with Gasteiger partial charge in [0.2, 0.25) is 5.91 Å². The third-order valence-corrected chi connectivity index (χ3v) is 3.51. The second-order valence-electron chi connectivity index (χ2n) is 4.91. The number of hydrogen-bond acceptors (Lipinski definition) is 4. The van der Waals surface area contributed by atoms with E-state index < -0.39 is 17.5 Å². The normalized spacial score (nSPS) is 15.3. The van der Waals surface area contributed by atoms with Crippen LogP contribution in [0.3, 0.4) is 0 Å². The molecule has 2 rings (SSSR count). The largest absolute Gasteiger partial charge is 0.371 e. The Morgan fingerprint density at radius 2 is 2.10 bits per heavy atom. The number of hydrogen-bond donors (Lipinski definition) is 2. The Hall–Kier alpha value is -1.92. The monoisotopic (exact) mass is 284 g/mol. The van der Waals surface area contributed by atoms with Crippen molar-refractivity contribution in [3.63, 3.8) is 0 Å². The molecule has 1 fully saturated rings. The molecule has 0 bridgehead atoms. The van der Waals surface area contributed by atoms with Gasteiger partial charge in [0.05, 0.1) is 6.54 Å². The van der Waals surface area contributed by atoms with Crippen LogP contribution in [0.15, 0.2) is 6.07 Å². The Balaban J connectivity index is 2.38. The zero-order valence-corrected chi connectivity index (χ0v) is 11.3.